The molecule has 0 aliphatic carbocycles. The highest BCUT2D eigenvalue weighted by Crippen LogP contribution is 2.50. The van der Waals surface area contributed by atoms with Gasteiger partial charge in [0.2, 0.25) is 23.8 Å². The van der Waals surface area contributed by atoms with E-state index in [2.05, 4.69) is 44.1 Å². The molecule has 3 atom stereocenters. The number of nitrogens with two attached hydrogens (primary N) is 1. The lowest BCUT2D eigenvalue weighted by atomic mass is 9.96. The van der Waals surface area contributed by atoms with E-state index in [4.69, 9.17) is 86.5 Å². The minimum atomic E-state index is -5.19. The molecule has 32 heteroatoms. The van der Waals surface area contributed by atoms with Crippen molar-refractivity contribution in [2.75, 3.05) is 79.1 Å². The number of aromatic nitrogens is 4. The van der Waals surface area contributed by atoms with Crippen LogP contribution in [-0.2, 0) is 66.2 Å². The number of carboxylic acids is 1. The number of urea groups is 1. The minimum absolute atomic E-state index is 0.0167. The molecule has 1 fully saturated rings. The van der Waals surface area contributed by atoms with Gasteiger partial charge in [0.1, 0.15) is 96.6 Å². The van der Waals surface area contributed by atoms with Crippen LogP contribution < -0.4 is 55.8 Å². The number of halogens is 5. The predicted octanol–water partition coefficient (Wildman–Crippen LogP) is 12.1. The fourth-order valence-electron chi connectivity index (χ4n) is 12.5. The van der Waals surface area contributed by atoms with Crippen LogP contribution >= 0.6 is 22.9 Å². The highest BCUT2D eigenvalue weighted by molar-refractivity contribution is 7.22. The third kappa shape index (κ3) is 25.2. The lowest BCUT2D eigenvalue weighted by Crippen LogP contribution is -2.57. The second kappa shape index (κ2) is 41.0. The van der Waals surface area contributed by atoms with Gasteiger partial charge in [-0.2, -0.15) is 13.2 Å². The van der Waals surface area contributed by atoms with Gasteiger partial charge < -0.3 is 79.3 Å². The van der Waals surface area contributed by atoms with Gasteiger partial charge in [-0.05, 0) is 147 Å². The van der Waals surface area contributed by atoms with Gasteiger partial charge in [0.05, 0.1) is 62.6 Å². The third-order valence-corrected chi connectivity index (χ3v) is 20.2. The normalized spacial score (nSPS) is 13.5. The number of alkyl halides is 3. The Morgan fingerprint density at radius 3 is 2.17 bits per heavy atom. The molecule has 1 aliphatic heterocycles. The van der Waals surface area contributed by atoms with Crippen molar-refractivity contribution >= 4 is 74.7 Å². The zero-order valence-corrected chi connectivity index (χ0v) is 67.1. The van der Waals surface area contributed by atoms with Crippen LogP contribution in [0.25, 0.3) is 43.2 Å². The van der Waals surface area contributed by atoms with Gasteiger partial charge in [0.15, 0.2) is 5.82 Å². The van der Waals surface area contributed by atoms with Crippen molar-refractivity contribution < 1.29 is 93.8 Å². The van der Waals surface area contributed by atoms with E-state index in [9.17, 15) is 41.5 Å². The zero-order valence-electron chi connectivity index (χ0n) is 65.5. The number of terminal acetylenes is 1. The van der Waals surface area contributed by atoms with Crippen molar-refractivity contribution in [1.29, 1.82) is 0 Å². The van der Waals surface area contributed by atoms with E-state index in [1.807, 2.05) is 97.9 Å². The van der Waals surface area contributed by atoms with Crippen molar-refractivity contribution in [3.63, 3.8) is 0 Å². The first-order chi connectivity index (χ1) is 55.3. The quantitative estimate of drug-likeness (QED) is 0.00822. The number of hydrogen-bond donors (Lipinski definition) is 5. The van der Waals surface area contributed by atoms with Gasteiger partial charge in [-0.3, -0.25) is 14.5 Å². The number of nitrogens with zero attached hydrogens (tertiary/aromatic N) is 6. The monoisotopic (exact) mass is 1640 g/mol. The summed E-state index contributed by atoms with van der Waals surface area (Å²) in [4.78, 5) is 98.1. The first-order valence-electron chi connectivity index (χ1n) is 37.0. The van der Waals surface area contributed by atoms with E-state index in [-0.39, 0.29) is 57.6 Å². The molecule has 5 amide bonds. The predicted molar refractivity (Wildman–Crippen MR) is 427 cm³/mol. The summed E-state index contributed by atoms with van der Waals surface area (Å²) in [7, 11) is 5.38. The van der Waals surface area contributed by atoms with Gasteiger partial charge in [-0.25, -0.2) is 38.7 Å². The fourth-order valence-corrected chi connectivity index (χ4v) is 13.9. The number of carbonyl (C=O) groups excluding carboxylic acids is 6. The average Bonchev–Trinajstić information content (AvgIpc) is 1.58. The number of para-hydroxylation sites is 2. The molecule has 0 bridgehead atoms. The smallest absolute Gasteiger partial charge is 0.430 e. The molecule has 26 nitrogen and oxygen atoms in total. The molecule has 1 aliphatic rings. The van der Waals surface area contributed by atoms with Crippen molar-refractivity contribution in [3.05, 3.63) is 190 Å². The lowest BCUT2D eigenvalue weighted by Gasteiger charge is -2.42. The second-order valence-electron chi connectivity index (χ2n) is 28.7. The van der Waals surface area contributed by atoms with Crippen LogP contribution in [0.3, 0.4) is 0 Å². The summed E-state index contributed by atoms with van der Waals surface area (Å²) < 4.78 is 95.2. The van der Waals surface area contributed by atoms with Gasteiger partial charge in [-0.15, -0.1) is 17.8 Å². The number of likely N-dealkylation sites (N-methyl/N-ethyl adjacent to an activating group) is 1. The van der Waals surface area contributed by atoms with Crippen molar-refractivity contribution in [1.82, 2.24) is 40.8 Å². The molecule has 3 aromatic heterocycles. The summed E-state index contributed by atoms with van der Waals surface area (Å²) in [6.45, 7) is 15.7. The Kier molecular flexibility index (Phi) is 31.2. The fraction of sp³-hybridized carbons (Fsp3) is 0.357. The maximum atomic E-state index is 14.7. The molecular formula is C84H92ClF4N11O15S. The number of primary amides is 1. The summed E-state index contributed by atoms with van der Waals surface area (Å²) >= 11 is 8.74. The largest absolute Gasteiger partial charge is 0.542 e. The number of carboxylic acid groups (broad SMARTS) is 1. The van der Waals surface area contributed by atoms with Crippen LogP contribution in [0.4, 0.5) is 32.8 Å². The Morgan fingerprint density at radius 1 is 0.793 bits per heavy atom. The number of esters is 1. The molecule has 10 rings (SSSR count). The van der Waals surface area contributed by atoms with E-state index < -0.39 is 71.7 Å². The zero-order chi connectivity index (χ0) is 83.9. The van der Waals surface area contributed by atoms with E-state index in [0.717, 1.165) is 53.3 Å². The number of alkyl carbamates (subject to hydrolysis) is 1. The van der Waals surface area contributed by atoms with E-state index in [1.54, 1.807) is 85.4 Å². The molecule has 9 aromatic rings. The third-order valence-electron chi connectivity index (χ3n) is 18.6. The molecule has 0 saturated carbocycles. The van der Waals surface area contributed by atoms with Gasteiger partial charge in [0, 0.05) is 60.5 Å². The molecule has 1 saturated heterocycles. The first kappa shape index (κ1) is 88.3. The van der Waals surface area contributed by atoms with E-state index in [0.29, 0.717) is 114 Å². The molecular weight excluding hydrogens is 1550 g/mol. The number of ether oxygens (including phenoxy) is 8. The number of aliphatic carboxylic acids is 1. The highest BCUT2D eigenvalue weighted by Gasteiger charge is 2.35. The Labute approximate surface area is 678 Å². The number of carbonyl (C=O) groups is 6. The van der Waals surface area contributed by atoms with E-state index >= 15 is 0 Å². The average molecular weight is 1640 g/mol. The highest BCUT2D eigenvalue weighted by atomic mass is 35.5. The van der Waals surface area contributed by atoms with Gasteiger partial charge >= 0.3 is 24.3 Å². The maximum Gasteiger partial charge on any atom is 0.430 e. The molecule has 614 valence electrons. The SMILES string of the molecule is C#CCOCc1cc(NC(=O)[C@H](CCCNC(N)=O)NC(=O)[C@@H](NC(=O)OC(C)(C)C)C(C)C)ccc1C[N+]1(C)CCN(CCOc2ccc(-c3c(-c4ccc(F)cc4)sc4ncnc(O[C@H](Cc5ccccc5OCc5ccnc(-c6ccccc6OC)n5)C(=O)OCc5ccc(OC)cc5)c34)c(C)c2Cl)CC1.O=C([O-])C(F)(F)F. The number of thiophene rings is 1. The van der Waals surface area contributed by atoms with Crippen LogP contribution in [0.5, 0.6) is 28.9 Å². The van der Waals surface area contributed by atoms with Gasteiger partial charge in [0.25, 0.3) is 0 Å². The molecule has 6 N–H and O–H groups in total. The minimum Gasteiger partial charge on any atom is -0.542 e. The van der Waals surface area contributed by atoms with Crippen LogP contribution in [-0.4, -0.2) is 169 Å². The Balaban J connectivity index is 0.00000210. The topological polar surface area (TPSA) is 328 Å². The van der Waals surface area contributed by atoms with Gasteiger partial charge in [-0.1, -0.05) is 98.1 Å². The number of piperazine rings is 1. The van der Waals surface area contributed by atoms with Crippen molar-refractivity contribution in [2.45, 2.75) is 117 Å². The second-order valence-corrected chi connectivity index (χ2v) is 30.1. The van der Waals surface area contributed by atoms with Crippen LogP contribution in [0.1, 0.15) is 81.0 Å². The molecule has 116 heavy (non-hydrogen) atoms. The van der Waals surface area contributed by atoms with E-state index in [1.165, 1.54) is 29.8 Å². The summed E-state index contributed by atoms with van der Waals surface area (Å²) in [5.74, 6) is -0.254. The lowest BCUT2D eigenvalue weighted by molar-refractivity contribution is -0.926. The molecule has 0 radical (unpaired) electrons. The number of nitrogens with one attached hydrogen (secondary N) is 4. The number of methoxy groups -OCH3 is 2. The molecule has 6 aromatic carbocycles. The van der Waals surface area contributed by atoms with Crippen molar-refractivity contribution in [2.24, 2.45) is 11.7 Å². The number of amides is 5. The number of quaternary nitrogens is 1. The maximum absolute atomic E-state index is 14.7. The number of benzene rings is 6. The summed E-state index contributed by atoms with van der Waals surface area (Å²) in [6.07, 6.45) is 1.80. The van der Waals surface area contributed by atoms with Crippen LogP contribution in [0.2, 0.25) is 5.02 Å². The summed E-state index contributed by atoms with van der Waals surface area (Å²) in [5.41, 5.74) is 12.2. The Bertz CT molecular complexity index is 4940. The van der Waals surface area contributed by atoms with Crippen molar-refractivity contribution in [3.8, 4) is 74.2 Å². The van der Waals surface area contributed by atoms with Crippen LogP contribution in [0.15, 0.2) is 146 Å². The Hall–Kier alpha value is -11.7. The summed E-state index contributed by atoms with van der Waals surface area (Å²) in [5, 5.41) is 20.6. The number of anilines is 1. The molecule has 0 unspecified atom stereocenters. The number of hydrogen-bond acceptors (Lipinski definition) is 21. The summed E-state index contributed by atoms with van der Waals surface area (Å²) in [6, 6.07) is 36.5. The first-order valence-corrected chi connectivity index (χ1v) is 38.2. The van der Waals surface area contributed by atoms with Crippen LogP contribution in [0, 0.1) is 31.0 Å². The molecule has 4 heterocycles. The number of rotatable bonds is 34. The molecule has 0 spiro atoms. The Morgan fingerprint density at radius 2 is 1.50 bits per heavy atom. The number of fused-ring (bicyclic) bond motifs is 1. The standard InChI is InChI=1S/C82H91ClFN11O13S.C2HF3O2/c1-11-42-103-48-57-44-59(91-75(96)64(19-16-35-87-80(85)99)92-76(97)72(51(2)3)93-81(100)108-82(5,6)7)29-26-56(57)46-95(8)40-37-94(38-41-95)39-43-104-67-33-32-62(52(4)71(67)83)69-70-77(88-50-89-78(70)109-73(69)54-24-27-58(84)28-25-54)107-68(79(98)106-47-53-22-30-61(101-9)31-23-53)45-55-17-12-14-20-65(55)105-49-60-34-36-86-74(90-60)63-18-13-15-21-66(63)102-10;3-2(4,5)1(6)7/h1,12-15,17-18,20-34,36,44,50-51,64,68,72H,16,19,35,37-43,45-49H2,2-10H3,(H5-,85,87,91,92,93,96,97,99,100);(H,6,7)/t64-,68+,72-;/m0./s1.